The lowest BCUT2D eigenvalue weighted by Crippen LogP contribution is -2.30. The molecule has 4 amide bonds. The van der Waals surface area contributed by atoms with E-state index in [1.807, 2.05) is 0 Å². The Balaban J connectivity index is 1.51. The van der Waals surface area contributed by atoms with E-state index in [1.165, 1.54) is 34.1 Å². The van der Waals surface area contributed by atoms with Crippen molar-refractivity contribution < 1.29 is 33.8 Å². The van der Waals surface area contributed by atoms with Crippen LogP contribution in [-0.2, 0) is 28.7 Å². The molecule has 32 heavy (non-hydrogen) atoms. The third kappa shape index (κ3) is 7.79. The molecule has 0 aromatic rings. The molecule has 0 aliphatic carbocycles. The zero-order valence-electron chi connectivity index (χ0n) is 18.3. The fourth-order valence-corrected chi connectivity index (χ4v) is 3.31. The normalized spacial score (nSPS) is 16.4. The average Bonchev–Trinajstić information content (AvgIpc) is 3.26. The zero-order chi connectivity index (χ0) is 23.5. The molecule has 9 heteroatoms. The summed E-state index contributed by atoms with van der Waals surface area (Å²) >= 11 is 0. The van der Waals surface area contributed by atoms with Gasteiger partial charge in [-0.2, -0.15) is 0 Å². The highest BCUT2D eigenvalue weighted by atomic mass is 16.5. The Bertz CT molecular complexity index is 805. The first-order valence-electron chi connectivity index (χ1n) is 10.9. The van der Waals surface area contributed by atoms with Crippen LogP contribution in [0.3, 0.4) is 0 Å². The van der Waals surface area contributed by atoms with Gasteiger partial charge in [0.05, 0.1) is 0 Å². The van der Waals surface area contributed by atoms with Crippen LogP contribution in [0.2, 0.25) is 0 Å². The summed E-state index contributed by atoms with van der Waals surface area (Å²) in [5, 5.41) is 12.1. The summed E-state index contributed by atoms with van der Waals surface area (Å²) < 4.78 is 5.14. The minimum atomic E-state index is -0.388. The molecule has 2 rings (SSSR count). The van der Waals surface area contributed by atoms with E-state index in [0.29, 0.717) is 63.6 Å². The number of imide groups is 2. The number of nitrogens with zero attached hydrogens (tertiary/aromatic N) is 2. The fraction of sp³-hybridized carbons (Fsp3) is 0.522. The highest BCUT2D eigenvalue weighted by molar-refractivity contribution is 6.13. The lowest BCUT2D eigenvalue weighted by molar-refractivity contribution is -0.309. The summed E-state index contributed by atoms with van der Waals surface area (Å²) in [4.78, 5) is 59.9. The maximum absolute atomic E-state index is 12.1. The highest BCUT2D eigenvalue weighted by Crippen LogP contribution is 2.12. The van der Waals surface area contributed by atoms with Crippen molar-refractivity contribution in [1.82, 2.24) is 9.80 Å². The minimum Gasteiger partial charge on any atom is -0.875 e. The summed E-state index contributed by atoms with van der Waals surface area (Å²) in [5.41, 5.74) is 0.478. The van der Waals surface area contributed by atoms with Crippen molar-refractivity contribution in [2.24, 2.45) is 0 Å². The topological polar surface area (TPSA) is 124 Å². The third-order valence-corrected chi connectivity index (χ3v) is 5.27. The van der Waals surface area contributed by atoms with E-state index in [1.54, 1.807) is 6.92 Å². The Kier molecular flexibility index (Phi) is 9.84. The fourth-order valence-electron chi connectivity index (χ4n) is 3.31. The molecule has 0 fully saturated rings. The van der Waals surface area contributed by atoms with Crippen LogP contribution < -0.4 is 5.11 Å². The summed E-state index contributed by atoms with van der Waals surface area (Å²) in [6, 6.07) is 0. The molecule has 174 valence electrons. The quantitative estimate of drug-likeness (QED) is 0.170. The van der Waals surface area contributed by atoms with E-state index >= 15 is 0 Å². The third-order valence-electron chi connectivity index (χ3n) is 5.27. The number of rotatable bonds is 14. The standard InChI is InChI=1S/C23H30N2O7/c1-17(18(26)8-4-2-6-14-24-19(27)10-11-20(24)28)16-32-23(31)9-5-3-7-15-25-21(29)12-13-22(25)30/h10-13,26H,2-9,14-16H2,1H3/p-1. The number of unbranched alkanes of at least 4 members (excludes halogenated alkanes) is 4. The lowest BCUT2D eigenvalue weighted by Gasteiger charge is -2.17. The molecule has 0 saturated carbocycles. The van der Waals surface area contributed by atoms with Gasteiger partial charge in [0.1, 0.15) is 6.61 Å². The van der Waals surface area contributed by atoms with Crippen LogP contribution in [0.1, 0.15) is 58.3 Å². The van der Waals surface area contributed by atoms with Gasteiger partial charge in [-0.3, -0.25) is 33.8 Å². The predicted octanol–water partition coefficient (Wildman–Crippen LogP) is 1.13. The molecule has 2 aliphatic heterocycles. The van der Waals surface area contributed by atoms with Crippen molar-refractivity contribution in [3.63, 3.8) is 0 Å². The summed E-state index contributed by atoms with van der Waals surface area (Å²) in [5.74, 6) is -1.67. The maximum atomic E-state index is 12.1. The monoisotopic (exact) mass is 445 g/mol. The number of hydrogen-bond donors (Lipinski definition) is 0. The van der Waals surface area contributed by atoms with Gasteiger partial charge in [0, 0.05) is 43.8 Å². The van der Waals surface area contributed by atoms with Crippen LogP contribution in [0.25, 0.3) is 0 Å². The van der Waals surface area contributed by atoms with Gasteiger partial charge in [0.15, 0.2) is 0 Å². The predicted molar refractivity (Wildman–Crippen MR) is 112 cm³/mol. The van der Waals surface area contributed by atoms with Crippen LogP contribution in [-0.4, -0.2) is 59.1 Å². The zero-order valence-corrected chi connectivity index (χ0v) is 18.3. The SMILES string of the molecule is CC(COC(=O)CCCCCN1C(=O)C=CC1=O)=C([O-])CCCCCN1C(=O)C=CC1=O. The smallest absolute Gasteiger partial charge is 0.306 e. The van der Waals surface area contributed by atoms with Crippen molar-refractivity contribution >= 4 is 29.6 Å². The Morgan fingerprint density at radius 3 is 1.66 bits per heavy atom. The molecular formula is C23H29N2O7-. The van der Waals surface area contributed by atoms with E-state index in [9.17, 15) is 29.1 Å². The lowest BCUT2D eigenvalue weighted by atomic mass is 10.1. The minimum absolute atomic E-state index is 0.0391. The van der Waals surface area contributed by atoms with Crippen LogP contribution in [0.15, 0.2) is 35.6 Å². The number of allylic oxidation sites excluding steroid dienone is 1. The first-order valence-corrected chi connectivity index (χ1v) is 10.9. The Morgan fingerprint density at radius 2 is 1.19 bits per heavy atom. The molecule has 0 bridgehead atoms. The van der Waals surface area contributed by atoms with Crippen LogP contribution in [0.5, 0.6) is 0 Å². The number of esters is 1. The molecule has 0 aromatic carbocycles. The van der Waals surface area contributed by atoms with Crippen LogP contribution in [0, 0.1) is 0 Å². The van der Waals surface area contributed by atoms with Crippen LogP contribution >= 0.6 is 0 Å². The van der Waals surface area contributed by atoms with Crippen molar-refractivity contribution in [2.45, 2.75) is 58.3 Å². The number of amides is 4. The molecule has 0 aromatic heterocycles. The number of carbonyl (C=O) groups excluding carboxylic acids is 5. The maximum Gasteiger partial charge on any atom is 0.306 e. The molecule has 0 saturated heterocycles. The van der Waals surface area contributed by atoms with Gasteiger partial charge in [0.25, 0.3) is 23.6 Å². The van der Waals surface area contributed by atoms with E-state index in [4.69, 9.17) is 4.74 Å². The second kappa shape index (κ2) is 12.6. The van der Waals surface area contributed by atoms with Crippen LogP contribution in [0.4, 0.5) is 0 Å². The number of ether oxygens (including phenoxy) is 1. The molecule has 2 aliphatic rings. The van der Waals surface area contributed by atoms with Crippen molar-refractivity contribution in [2.75, 3.05) is 19.7 Å². The van der Waals surface area contributed by atoms with E-state index < -0.39 is 0 Å². The second-order valence-corrected chi connectivity index (χ2v) is 7.81. The first-order chi connectivity index (χ1) is 15.3. The van der Waals surface area contributed by atoms with Gasteiger partial charge >= 0.3 is 5.97 Å². The summed E-state index contributed by atoms with van der Waals surface area (Å²) in [6.07, 6.45) is 9.38. The van der Waals surface area contributed by atoms with E-state index in [2.05, 4.69) is 0 Å². The first kappa shape index (κ1) is 25.0. The summed E-state index contributed by atoms with van der Waals surface area (Å²) in [7, 11) is 0. The van der Waals surface area contributed by atoms with E-state index in [0.717, 1.165) is 0 Å². The van der Waals surface area contributed by atoms with Gasteiger partial charge in [-0.25, -0.2) is 0 Å². The van der Waals surface area contributed by atoms with E-state index in [-0.39, 0.29) is 48.4 Å². The molecule has 0 N–H and O–H groups in total. The molecule has 0 spiro atoms. The van der Waals surface area contributed by atoms with Gasteiger partial charge in [0.2, 0.25) is 0 Å². The van der Waals surface area contributed by atoms with Gasteiger partial charge < -0.3 is 9.84 Å². The second-order valence-electron chi connectivity index (χ2n) is 7.81. The summed E-state index contributed by atoms with van der Waals surface area (Å²) in [6.45, 7) is 2.28. The van der Waals surface area contributed by atoms with Gasteiger partial charge in [-0.05, 0) is 38.2 Å². The van der Waals surface area contributed by atoms with Gasteiger partial charge in [-0.1, -0.05) is 19.3 Å². The molecule has 2 heterocycles. The Hall–Kier alpha value is -3.23. The molecular weight excluding hydrogens is 416 g/mol. The van der Waals surface area contributed by atoms with Crippen molar-refractivity contribution in [3.05, 3.63) is 35.6 Å². The Morgan fingerprint density at radius 1 is 0.750 bits per heavy atom. The highest BCUT2D eigenvalue weighted by Gasteiger charge is 2.23. The molecule has 0 unspecified atom stereocenters. The largest absolute Gasteiger partial charge is 0.875 e. The average molecular weight is 445 g/mol. The van der Waals surface area contributed by atoms with Crippen molar-refractivity contribution in [3.8, 4) is 0 Å². The number of hydrogen-bond acceptors (Lipinski definition) is 7. The molecule has 0 radical (unpaired) electrons. The molecule has 0 atom stereocenters. The van der Waals surface area contributed by atoms with Gasteiger partial charge in [-0.15, -0.1) is 5.76 Å². The number of carbonyl (C=O) groups is 5. The van der Waals surface area contributed by atoms with Crippen molar-refractivity contribution in [1.29, 1.82) is 0 Å². The molecule has 9 nitrogen and oxygen atoms in total. The Labute approximate surface area is 187 Å².